The molecule has 0 saturated carbocycles. The zero-order valence-corrected chi connectivity index (χ0v) is 10.8. The molecule has 4 unspecified atom stereocenters. The molecule has 20 heavy (non-hydrogen) atoms. The molecule has 4 atom stereocenters. The van der Waals surface area contributed by atoms with Crippen molar-refractivity contribution in [2.45, 2.75) is 30.5 Å². The maximum atomic E-state index is 12.1. The number of ether oxygens (including phenoxy) is 3. The van der Waals surface area contributed by atoms with Gasteiger partial charge in [0.05, 0.1) is 19.8 Å². The lowest BCUT2D eigenvalue weighted by Crippen LogP contribution is -2.58. The van der Waals surface area contributed by atoms with Gasteiger partial charge in [0.15, 0.2) is 0 Å². The van der Waals surface area contributed by atoms with Crippen molar-refractivity contribution in [3.8, 4) is 0 Å². The third kappa shape index (κ3) is 1.20. The Hall–Kier alpha value is -1.48. The number of hydrogen-bond acceptors (Lipinski definition) is 6. The van der Waals surface area contributed by atoms with Crippen LogP contribution in [0.4, 0.5) is 0 Å². The fourth-order valence-electron chi connectivity index (χ4n) is 3.37. The molecule has 4 heterocycles. The zero-order chi connectivity index (χ0) is 14.1. The van der Waals surface area contributed by atoms with Crippen molar-refractivity contribution in [2.75, 3.05) is 19.8 Å². The second-order valence-electron chi connectivity index (χ2n) is 5.57. The van der Waals surface area contributed by atoms with Crippen LogP contribution in [0.3, 0.4) is 0 Å². The Morgan fingerprint density at radius 2 is 2.15 bits per heavy atom. The summed E-state index contributed by atoms with van der Waals surface area (Å²) in [6.45, 7) is 1.74. The van der Waals surface area contributed by atoms with Crippen LogP contribution in [0, 0.1) is 6.92 Å². The fourth-order valence-corrected chi connectivity index (χ4v) is 3.37. The molecule has 0 amide bonds. The predicted molar refractivity (Wildman–Crippen MR) is 64.4 cm³/mol. The van der Waals surface area contributed by atoms with Gasteiger partial charge in [0.2, 0.25) is 5.72 Å². The number of nitrogens with zero attached hydrogens (tertiary/aromatic N) is 1. The minimum absolute atomic E-state index is 0.148. The van der Waals surface area contributed by atoms with E-state index in [1.165, 1.54) is 10.8 Å². The Labute approximate surface area is 112 Å². The first-order chi connectivity index (χ1) is 9.52. The molecule has 108 valence electrons. The molecule has 4 bridgehead atoms. The number of aromatic nitrogens is 2. The number of nitrogens with one attached hydrogen (secondary N) is 1. The van der Waals surface area contributed by atoms with E-state index in [1.807, 2.05) is 0 Å². The highest BCUT2D eigenvalue weighted by molar-refractivity contribution is 5.18. The molecule has 2 N–H and O–H groups in total. The SMILES string of the molecule is Cc1cn(C23COC4C2OCC4(CO)O3)c(=O)[nH]c1=O. The van der Waals surface area contributed by atoms with Gasteiger partial charge in [0, 0.05) is 11.8 Å². The second-order valence-corrected chi connectivity index (χ2v) is 5.57. The highest BCUT2D eigenvalue weighted by Gasteiger charge is 2.74. The number of H-pyrrole nitrogens is 1. The monoisotopic (exact) mass is 282 g/mol. The van der Waals surface area contributed by atoms with Crippen LogP contribution in [-0.2, 0) is 19.9 Å². The number of aliphatic hydroxyl groups excluding tert-OH is 1. The summed E-state index contributed by atoms with van der Waals surface area (Å²) in [5.41, 5.74) is -2.65. The Balaban J connectivity index is 1.90. The van der Waals surface area contributed by atoms with Crippen LogP contribution >= 0.6 is 0 Å². The molecule has 1 aromatic rings. The standard InChI is InChI=1S/C12H14N2O6/c1-6-2-14(10(17)13-9(6)16)12-5-19-7-8(12)18-4-11(7,3-15)20-12/h2,7-8,15H,3-5H2,1H3,(H,13,16,17). The molecule has 4 rings (SSSR count). The van der Waals surface area contributed by atoms with Gasteiger partial charge < -0.3 is 19.3 Å². The maximum Gasteiger partial charge on any atom is 0.330 e. The molecule has 0 aliphatic carbocycles. The summed E-state index contributed by atoms with van der Waals surface area (Å²) in [4.78, 5) is 25.8. The zero-order valence-electron chi connectivity index (χ0n) is 10.8. The van der Waals surface area contributed by atoms with Crippen LogP contribution in [-0.4, -0.2) is 52.3 Å². The minimum Gasteiger partial charge on any atom is -0.393 e. The van der Waals surface area contributed by atoms with E-state index in [0.717, 1.165) is 0 Å². The van der Waals surface area contributed by atoms with Crippen molar-refractivity contribution in [3.05, 3.63) is 32.6 Å². The van der Waals surface area contributed by atoms with Crippen LogP contribution < -0.4 is 11.2 Å². The normalized spacial score (nSPS) is 41.5. The van der Waals surface area contributed by atoms with Gasteiger partial charge in [-0.25, -0.2) is 4.79 Å². The van der Waals surface area contributed by atoms with Gasteiger partial charge in [-0.15, -0.1) is 0 Å². The predicted octanol–water partition coefficient (Wildman–Crippen LogP) is -1.94. The first kappa shape index (κ1) is 12.3. The summed E-state index contributed by atoms with van der Waals surface area (Å²) >= 11 is 0. The summed E-state index contributed by atoms with van der Waals surface area (Å²) in [7, 11) is 0. The van der Waals surface area contributed by atoms with Crippen molar-refractivity contribution in [1.82, 2.24) is 9.55 Å². The van der Waals surface area contributed by atoms with Crippen LogP contribution in [0.15, 0.2) is 15.8 Å². The molecular formula is C12H14N2O6. The molecule has 3 aliphatic rings. The lowest BCUT2D eigenvalue weighted by atomic mass is 10.00. The third-order valence-electron chi connectivity index (χ3n) is 4.39. The Morgan fingerprint density at radius 1 is 1.40 bits per heavy atom. The van der Waals surface area contributed by atoms with Crippen molar-refractivity contribution in [1.29, 1.82) is 0 Å². The topological polar surface area (TPSA) is 103 Å². The molecule has 3 saturated heterocycles. The molecule has 0 radical (unpaired) electrons. The number of aryl methyl sites for hydroxylation is 1. The van der Waals surface area contributed by atoms with Crippen LogP contribution in [0.1, 0.15) is 5.56 Å². The van der Waals surface area contributed by atoms with E-state index in [4.69, 9.17) is 14.2 Å². The third-order valence-corrected chi connectivity index (χ3v) is 4.39. The maximum absolute atomic E-state index is 12.1. The van der Waals surface area contributed by atoms with Gasteiger partial charge in [0.25, 0.3) is 5.56 Å². The molecule has 1 aromatic heterocycles. The molecule has 8 heteroatoms. The summed E-state index contributed by atoms with van der Waals surface area (Å²) in [5, 5.41) is 9.56. The molecule has 3 aliphatic heterocycles. The van der Waals surface area contributed by atoms with E-state index in [-0.39, 0.29) is 19.8 Å². The minimum atomic E-state index is -1.11. The lowest BCUT2D eigenvalue weighted by Gasteiger charge is -2.41. The van der Waals surface area contributed by atoms with E-state index < -0.39 is 34.8 Å². The second kappa shape index (κ2) is 3.59. The number of aliphatic hydroxyl groups is 1. The summed E-state index contributed by atoms with van der Waals surface area (Å²) in [6, 6.07) is 0. The molecule has 8 nitrogen and oxygen atoms in total. The van der Waals surface area contributed by atoms with Gasteiger partial charge in [-0.05, 0) is 6.92 Å². The van der Waals surface area contributed by atoms with E-state index in [0.29, 0.717) is 5.56 Å². The van der Waals surface area contributed by atoms with Crippen molar-refractivity contribution >= 4 is 0 Å². The Kier molecular flexibility index (Phi) is 2.20. The average Bonchev–Trinajstić information content (AvgIpc) is 3.06. The highest BCUT2D eigenvalue weighted by Crippen LogP contribution is 2.54. The first-order valence-corrected chi connectivity index (χ1v) is 6.40. The molecule has 3 fully saturated rings. The highest BCUT2D eigenvalue weighted by atomic mass is 16.7. The van der Waals surface area contributed by atoms with Gasteiger partial charge >= 0.3 is 5.69 Å². The number of aromatic amines is 1. The summed E-state index contributed by atoms with van der Waals surface area (Å²) < 4.78 is 18.6. The first-order valence-electron chi connectivity index (χ1n) is 6.40. The summed E-state index contributed by atoms with van der Waals surface area (Å²) in [6.07, 6.45) is 0.589. The smallest absolute Gasteiger partial charge is 0.330 e. The molecule has 0 aromatic carbocycles. The van der Waals surface area contributed by atoms with Crippen LogP contribution in [0.2, 0.25) is 0 Å². The van der Waals surface area contributed by atoms with Gasteiger partial charge in [-0.1, -0.05) is 0 Å². The van der Waals surface area contributed by atoms with E-state index in [2.05, 4.69) is 4.98 Å². The van der Waals surface area contributed by atoms with Gasteiger partial charge in [-0.2, -0.15) is 0 Å². The average molecular weight is 282 g/mol. The van der Waals surface area contributed by atoms with E-state index in [9.17, 15) is 14.7 Å². The van der Waals surface area contributed by atoms with Crippen LogP contribution in [0.25, 0.3) is 0 Å². The van der Waals surface area contributed by atoms with E-state index >= 15 is 0 Å². The van der Waals surface area contributed by atoms with Crippen molar-refractivity contribution in [2.24, 2.45) is 0 Å². The Morgan fingerprint density at radius 3 is 2.85 bits per heavy atom. The largest absolute Gasteiger partial charge is 0.393 e. The van der Waals surface area contributed by atoms with Crippen molar-refractivity contribution in [3.63, 3.8) is 0 Å². The fraction of sp³-hybridized carbons (Fsp3) is 0.667. The van der Waals surface area contributed by atoms with Crippen LogP contribution in [0.5, 0.6) is 0 Å². The molecular weight excluding hydrogens is 268 g/mol. The van der Waals surface area contributed by atoms with Gasteiger partial charge in [-0.3, -0.25) is 14.3 Å². The van der Waals surface area contributed by atoms with E-state index in [1.54, 1.807) is 6.92 Å². The summed E-state index contributed by atoms with van der Waals surface area (Å²) in [5.74, 6) is 0. The number of hydrogen-bond donors (Lipinski definition) is 2. The number of rotatable bonds is 2. The van der Waals surface area contributed by atoms with Gasteiger partial charge in [0.1, 0.15) is 17.8 Å². The molecule has 0 spiro atoms. The Bertz CT molecular complexity index is 696. The quantitative estimate of drug-likeness (QED) is 0.654. The lowest BCUT2D eigenvalue weighted by molar-refractivity contribution is -0.284. The van der Waals surface area contributed by atoms with Crippen molar-refractivity contribution < 1.29 is 19.3 Å².